The zero-order valence-electron chi connectivity index (χ0n) is 12.8. The predicted octanol–water partition coefficient (Wildman–Crippen LogP) is 2.11. The van der Waals surface area contributed by atoms with Crippen molar-refractivity contribution in [1.82, 2.24) is 15.5 Å². The molecule has 0 aliphatic carbocycles. The second-order valence-corrected chi connectivity index (χ2v) is 6.08. The third-order valence-corrected chi connectivity index (χ3v) is 4.16. The second-order valence-electron chi connectivity index (χ2n) is 4.71. The summed E-state index contributed by atoms with van der Waals surface area (Å²) in [4.78, 5) is 13.5. The van der Waals surface area contributed by atoms with Crippen molar-refractivity contribution in [2.45, 2.75) is 13.0 Å². The van der Waals surface area contributed by atoms with Gasteiger partial charge in [-0.05, 0) is 48.3 Å². The molecule has 0 radical (unpaired) electrons. The molecule has 2 N–H and O–H groups in total. The zero-order valence-corrected chi connectivity index (χ0v) is 14.4. The van der Waals surface area contributed by atoms with Crippen LogP contribution in [-0.2, 0) is 6.54 Å². The van der Waals surface area contributed by atoms with E-state index in [-0.39, 0.29) is 5.91 Å². The van der Waals surface area contributed by atoms with E-state index in [0.29, 0.717) is 5.56 Å². The number of rotatable bonds is 7. The summed E-state index contributed by atoms with van der Waals surface area (Å²) in [5, 5.41) is 6.62. The van der Waals surface area contributed by atoms with E-state index >= 15 is 0 Å². The lowest BCUT2D eigenvalue weighted by Crippen LogP contribution is -2.37. The third-order valence-electron chi connectivity index (χ3n) is 3.01. The molecule has 0 aromatic heterocycles. The van der Waals surface area contributed by atoms with E-state index in [1.165, 1.54) is 0 Å². The van der Waals surface area contributed by atoms with Crippen LogP contribution in [0.4, 0.5) is 0 Å². The molecule has 1 rings (SSSR count). The highest BCUT2D eigenvalue weighted by Crippen LogP contribution is 2.07. The lowest BCUT2D eigenvalue weighted by atomic mass is 10.1. The Morgan fingerprint density at radius 2 is 2.00 bits per heavy atom. The first-order valence-electron chi connectivity index (χ1n) is 6.87. The molecular weight excluding hydrogens is 302 g/mol. The van der Waals surface area contributed by atoms with Gasteiger partial charge in [-0.3, -0.25) is 4.79 Å². The molecule has 1 amide bonds. The number of benzene rings is 1. The molecule has 1 aromatic carbocycles. The SMILES string of the molecule is CNC(=O)c1ccc(CN(C)C(=S)NCCCSC)cc1. The van der Waals surface area contributed by atoms with Gasteiger partial charge in [0.05, 0.1) is 0 Å². The number of nitrogens with one attached hydrogen (secondary N) is 2. The van der Waals surface area contributed by atoms with E-state index in [2.05, 4.69) is 16.9 Å². The molecule has 0 saturated heterocycles. The van der Waals surface area contributed by atoms with Crippen molar-refractivity contribution < 1.29 is 4.79 Å². The van der Waals surface area contributed by atoms with Gasteiger partial charge >= 0.3 is 0 Å². The van der Waals surface area contributed by atoms with E-state index in [1.54, 1.807) is 7.05 Å². The van der Waals surface area contributed by atoms with Gasteiger partial charge in [-0.25, -0.2) is 0 Å². The number of carbonyl (C=O) groups is 1. The quantitative estimate of drug-likeness (QED) is 0.594. The molecule has 1 aromatic rings. The lowest BCUT2D eigenvalue weighted by Gasteiger charge is -2.21. The standard InChI is InChI=1S/C15H23N3OS2/c1-16-14(19)13-7-5-12(6-8-13)11-18(2)15(20)17-9-4-10-21-3/h5-8H,4,9-11H2,1-3H3,(H,16,19)(H,17,20). The van der Waals surface area contributed by atoms with Gasteiger partial charge in [-0.15, -0.1) is 0 Å². The average molecular weight is 326 g/mol. The summed E-state index contributed by atoms with van der Waals surface area (Å²) in [6, 6.07) is 7.57. The summed E-state index contributed by atoms with van der Waals surface area (Å²) in [7, 11) is 3.60. The fraction of sp³-hybridized carbons (Fsp3) is 0.467. The Labute approximate surface area is 136 Å². The molecule has 21 heavy (non-hydrogen) atoms. The van der Waals surface area contributed by atoms with Gasteiger partial charge in [0.25, 0.3) is 5.91 Å². The number of thioether (sulfide) groups is 1. The van der Waals surface area contributed by atoms with Crippen LogP contribution in [-0.4, -0.2) is 48.6 Å². The smallest absolute Gasteiger partial charge is 0.251 e. The second kappa shape index (κ2) is 9.63. The van der Waals surface area contributed by atoms with Gasteiger partial charge in [0.1, 0.15) is 0 Å². The Bertz CT molecular complexity index is 462. The molecule has 0 saturated carbocycles. The van der Waals surface area contributed by atoms with Gasteiger partial charge in [0, 0.05) is 32.7 Å². The maximum Gasteiger partial charge on any atom is 0.251 e. The van der Waals surface area contributed by atoms with E-state index in [1.807, 2.05) is 48.0 Å². The first-order chi connectivity index (χ1) is 10.1. The molecule has 0 unspecified atom stereocenters. The minimum Gasteiger partial charge on any atom is -0.363 e. The molecule has 6 heteroatoms. The number of carbonyl (C=O) groups excluding carboxylic acids is 1. The van der Waals surface area contributed by atoms with Crippen molar-refractivity contribution in [3.05, 3.63) is 35.4 Å². The summed E-state index contributed by atoms with van der Waals surface area (Å²) in [6.45, 7) is 1.63. The van der Waals surface area contributed by atoms with Gasteiger partial charge < -0.3 is 15.5 Å². The normalized spacial score (nSPS) is 10.0. The molecule has 0 heterocycles. The van der Waals surface area contributed by atoms with Crippen molar-refractivity contribution in [3.63, 3.8) is 0 Å². The average Bonchev–Trinajstić information content (AvgIpc) is 2.51. The van der Waals surface area contributed by atoms with Crippen LogP contribution in [0.3, 0.4) is 0 Å². The highest BCUT2D eigenvalue weighted by Gasteiger charge is 2.06. The van der Waals surface area contributed by atoms with Crippen LogP contribution >= 0.6 is 24.0 Å². The van der Waals surface area contributed by atoms with Crippen LogP contribution in [0.5, 0.6) is 0 Å². The Hall–Kier alpha value is -1.27. The fourth-order valence-electron chi connectivity index (χ4n) is 1.80. The molecule has 0 atom stereocenters. The van der Waals surface area contributed by atoms with Gasteiger partial charge in [-0.1, -0.05) is 12.1 Å². The molecule has 0 fully saturated rings. The number of thiocarbonyl (C=S) groups is 1. The minimum atomic E-state index is -0.0686. The Balaban J connectivity index is 2.44. The van der Waals surface area contributed by atoms with Crippen LogP contribution in [0.25, 0.3) is 0 Å². The molecule has 116 valence electrons. The summed E-state index contributed by atoms with van der Waals surface area (Å²) in [6.07, 6.45) is 3.21. The van der Waals surface area contributed by atoms with Crippen LogP contribution in [0.2, 0.25) is 0 Å². The van der Waals surface area contributed by atoms with E-state index in [4.69, 9.17) is 12.2 Å². The number of hydrogen-bond donors (Lipinski definition) is 2. The maximum absolute atomic E-state index is 11.5. The lowest BCUT2D eigenvalue weighted by molar-refractivity contribution is 0.0963. The van der Waals surface area contributed by atoms with E-state index in [0.717, 1.165) is 35.9 Å². The minimum absolute atomic E-state index is 0.0686. The van der Waals surface area contributed by atoms with Crippen LogP contribution in [0.1, 0.15) is 22.3 Å². The highest BCUT2D eigenvalue weighted by atomic mass is 32.2. The van der Waals surface area contributed by atoms with Crippen LogP contribution in [0.15, 0.2) is 24.3 Å². The molecule has 0 aliphatic heterocycles. The molecule has 0 bridgehead atoms. The Morgan fingerprint density at radius 3 is 2.57 bits per heavy atom. The molecular formula is C15H23N3OS2. The van der Waals surface area contributed by atoms with Crippen molar-refractivity contribution in [1.29, 1.82) is 0 Å². The van der Waals surface area contributed by atoms with Gasteiger partial charge in [0.15, 0.2) is 5.11 Å². The third kappa shape index (κ3) is 6.35. The monoisotopic (exact) mass is 325 g/mol. The van der Waals surface area contributed by atoms with E-state index in [9.17, 15) is 4.79 Å². The largest absolute Gasteiger partial charge is 0.363 e. The zero-order chi connectivity index (χ0) is 15.7. The number of nitrogens with zero attached hydrogens (tertiary/aromatic N) is 1. The van der Waals surface area contributed by atoms with Crippen molar-refractivity contribution in [3.8, 4) is 0 Å². The predicted molar refractivity (Wildman–Crippen MR) is 94.9 cm³/mol. The van der Waals surface area contributed by atoms with Crippen molar-refractivity contribution >= 4 is 35.0 Å². The van der Waals surface area contributed by atoms with Crippen LogP contribution in [0, 0.1) is 0 Å². The fourth-order valence-corrected chi connectivity index (χ4v) is 2.40. The topological polar surface area (TPSA) is 44.4 Å². The van der Waals surface area contributed by atoms with Gasteiger partial charge in [0.2, 0.25) is 0 Å². The number of amides is 1. The first-order valence-corrected chi connectivity index (χ1v) is 8.67. The molecule has 4 nitrogen and oxygen atoms in total. The summed E-state index contributed by atoms with van der Waals surface area (Å²) < 4.78 is 0. The maximum atomic E-state index is 11.5. The van der Waals surface area contributed by atoms with Crippen LogP contribution < -0.4 is 10.6 Å². The summed E-state index contributed by atoms with van der Waals surface area (Å²) >= 11 is 7.20. The Kier molecular flexibility index (Phi) is 8.15. The van der Waals surface area contributed by atoms with E-state index < -0.39 is 0 Å². The molecule has 0 spiro atoms. The molecule has 0 aliphatic rings. The first kappa shape index (κ1) is 17.8. The highest BCUT2D eigenvalue weighted by molar-refractivity contribution is 7.98. The van der Waals surface area contributed by atoms with Crippen molar-refractivity contribution in [2.75, 3.05) is 32.6 Å². The Morgan fingerprint density at radius 1 is 1.33 bits per heavy atom. The summed E-state index contributed by atoms with van der Waals surface area (Å²) in [5.74, 6) is 1.07. The van der Waals surface area contributed by atoms with Crippen molar-refractivity contribution in [2.24, 2.45) is 0 Å². The van der Waals surface area contributed by atoms with Gasteiger partial charge in [-0.2, -0.15) is 11.8 Å². The summed E-state index contributed by atoms with van der Waals surface area (Å²) in [5.41, 5.74) is 1.79. The number of hydrogen-bond acceptors (Lipinski definition) is 3.